The highest BCUT2D eigenvalue weighted by Crippen LogP contribution is 2.31. The Hall–Kier alpha value is -0.860. The predicted molar refractivity (Wildman–Crippen MR) is 89.6 cm³/mol. The molecule has 1 heterocycles. The van der Waals surface area contributed by atoms with Crippen molar-refractivity contribution in [2.75, 3.05) is 26.2 Å². The van der Waals surface area contributed by atoms with Crippen molar-refractivity contribution in [3.63, 3.8) is 0 Å². The molecule has 1 aliphatic heterocycles. The molecular formula is C19H30N2. The zero-order valence-corrected chi connectivity index (χ0v) is 13.3. The lowest BCUT2D eigenvalue weighted by molar-refractivity contribution is 0.233. The van der Waals surface area contributed by atoms with Gasteiger partial charge in [-0.1, -0.05) is 56.4 Å². The molecule has 0 amide bonds. The zero-order chi connectivity index (χ0) is 14.3. The molecule has 2 heteroatoms. The van der Waals surface area contributed by atoms with Crippen molar-refractivity contribution in [3.8, 4) is 0 Å². The van der Waals surface area contributed by atoms with Crippen LogP contribution >= 0.6 is 0 Å². The SMILES string of the molecule is c1cc(C2CCCCCCC2)ccc1CN1CCNCC1. The van der Waals surface area contributed by atoms with Crippen molar-refractivity contribution in [3.05, 3.63) is 35.4 Å². The molecule has 2 nitrogen and oxygen atoms in total. The molecule has 1 aliphatic carbocycles. The summed E-state index contributed by atoms with van der Waals surface area (Å²) in [6.07, 6.45) is 9.99. The monoisotopic (exact) mass is 286 g/mol. The Labute approximate surface area is 129 Å². The van der Waals surface area contributed by atoms with Crippen LogP contribution in [0.5, 0.6) is 0 Å². The van der Waals surface area contributed by atoms with E-state index in [4.69, 9.17) is 0 Å². The number of nitrogens with zero attached hydrogens (tertiary/aromatic N) is 1. The Morgan fingerprint density at radius 1 is 0.857 bits per heavy atom. The van der Waals surface area contributed by atoms with Gasteiger partial charge >= 0.3 is 0 Å². The van der Waals surface area contributed by atoms with Gasteiger partial charge in [-0.05, 0) is 29.9 Å². The number of benzene rings is 1. The summed E-state index contributed by atoms with van der Waals surface area (Å²) in [5.74, 6) is 0.818. The summed E-state index contributed by atoms with van der Waals surface area (Å²) in [7, 11) is 0. The van der Waals surface area contributed by atoms with Crippen LogP contribution in [0.2, 0.25) is 0 Å². The summed E-state index contributed by atoms with van der Waals surface area (Å²) in [4.78, 5) is 2.56. The summed E-state index contributed by atoms with van der Waals surface area (Å²) < 4.78 is 0. The van der Waals surface area contributed by atoms with Crippen molar-refractivity contribution >= 4 is 0 Å². The number of hydrogen-bond donors (Lipinski definition) is 1. The van der Waals surface area contributed by atoms with E-state index >= 15 is 0 Å². The molecule has 116 valence electrons. The molecule has 0 spiro atoms. The van der Waals surface area contributed by atoms with E-state index in [2.05, 4.69) is 34.5 Å². The van der Waals surface area contributed by atoms with E-state index in [0.717, 1.165) is 25.6 Å². The van der Waals surface area contributed by atoms with Gasteiger partial charge in [-0.15, -0.1) is 0 Å². The fraction of sp³-hybridized carbons (Fsp3) is 0.684. The summed E-state index contributed by atoms with van der Waals surface area (Å²) >= 11 is 0. The molecule has 1 N–H and O–H groups in total. The maximum atomic E-state index is 3.42. The maximum absolute atomic E-state index is 3.42. The van der Waals surface area contributed by atoms with Gasteiger partial charge in [-0.2, -0.15) is 0 Å². The van der Waals surface area contributed by atoms with Crippen LogP contribution in [0.1, 0.15) is 62.0 Å². The van der Waals surface area contributed by atoms with Gasteiger partial charge in [0.15, 0.2) is 0 Å². The lowest BCUT2D eigenvalue weighted by atomic mass is 9.86. The molecule has 1 saturated carbocycles. The summed E-state index contributed by atoms with van der Waals surface area (Å²) in [6.45, 7) is 5.77. The van der Waals surface area contributed by atoms with Crippen LogP contribution in [0.3, 0.4) is 0 Å². The highest BCUT2D eigenvalue weighted by atomic mass is 15.2. The smallest absolute Gasteiger partial charge is 0.0234 e. The second kappa shape index (κ2) is 7.95. The molecule has 1 aromatic rings. The third kappa shape index (κ3) is 4.55. The largest absolute Gasteiger partial charge is 0.314 e. The van der Waals surface area contributed by atoms with Crippen LogP contribution in [0.25, 0.3) is 0 Å². The fourth-order valence-corrected chi connectivity index (χ4v) is 3.81. The first kappa shape index (κ1) is 15.1. The summed E-state index contributed by atoms with van der Waals surface area (Å²) in [5, 5.41) is 3.42. The Bertz CT molecular complexity index is 398. The fourth-order valence-electron chi connectivity index (χ4n) is 3.81. The van der Waals surface area contributed by atoms with Crippen LogP contribution in [-0.2, 0) is 6.54 Å². The predicted octanol–water partition coefficient (Wildman–Crippen LogP) is 3.92. The van der Waals surface area contributed by atoms with Gasteiger partial charge < -0.3 is 5.32 Å². The number of nitrogens with one attached hydrogen (secondary N) is 1. The highest BCUT2D eigenvalue weighted by molar-refractivity contribution is 5.25. The molecule has 2 aliphatic rings. The second-order valence-electron chi connectivity index (χ2n) is 6.81. The zero-order valence-electron chi connectivity index (χ0n) is 13.3. The lowest BCUT2D eigenvalue weighted by Crippen LogP contribution is -2.42. The minimum Gasteiger partial charge on any atom is -0.314 e. The van der Waals surface area contributed by atoms with E-state index in [1.807, 2.05) is 0 Å². The van der Waals surface area contributed by atoms with Gasteiger partial charge in [-0.25, -0.2) is 0 Å². The average molecular weight is 286 g/mol. The Kier molecular flexibility index (Phi) is 5.70. The molecule has 1 aromatic carbocycles. The Morgan fingerprint density at radius 3 is 2.14 bits per heavy atom. The van der Waals surface area contributed by atoms with Crippen molar-refractivity contribution < 1.29 is 0 Å². The Balaban J connectivity index is 1.57. The van der Waals surface area contributed by atoms with Crippen LogP contribution in [0.15, 0.2) is 24.3 Å². The third-order valence-electron chi connectivity index (χ3n) is 5.17. The van der Waals surface area contributed by atoms with Crippen molar-refractivity contribution in [2.24, 2.45) is 0 Å². The molecular weight excluding hydrogens is 256 g/mol. The average Bonchev–Trinajstić information content (AvgIpc) is 2.49. The van der Waals surface area contributed by atoms with E-state index in [0.29, 0.717) is 0 Å². The molecule has 0 radical (unpaired) electrons. The Morgan fingerprint density at radius 2 is 1.48 bits per heavy atom. The van der Waals surface area contributed by atoms with Gasteiger partial charge in [-0.3, -0.25) is 4.90 Å². The quantitative estimate of drug-likeness (QED) is 0.906. The van der Waals surface area contributed by atoms with E-state index in [-0.39, 0.29) is 0 Å². The van der Waals surface area contributed by atoms with E-state index < -0.39 is 0 Å². The van der Waals surface area contributed by atoms with Gasteiger partial charge in [0.1, 0.15) is 0 Å². The summed E-state index contributed by atoms with van der Waals surface area (Å²) in [6, 6.07) is 9.56. The minimum absolute atomic E-state index is 0.818. The highest BCUT2D eigenvalue weighted by Gasteiger charge is 2.14. The topological polar surface area (TPSA) is 15.3 Å². The normalized spacial score (nSPS) is 22.7. The lowest BCUT2D eigenvalue weighted by Gasteiger charge is -2.27. The van der Waals surface area contributed by atoms with Crippen molar-refractivity contribution in [1.29, 1.82) is 0 Å². The first-order chi connectivity index (χ1) is 10.4. The molecule has 0 atom stereocenters. The standard InChI is InChI=1S/C19H30N2/c1-2-4-6-18(7-5-3-1)19-10-8-17(9-11-19)16-21-14-12-20-13-15-21/h8-11,18,20H,1-7,12-16H2. The number of rotatable bonds is 3. The van der Waals surface area contributed by atoms with Crippen molar-refractivity contribution in [1.82, 2.24) is 10.2 Å². The first-order valence-electron chi connectivity index (χ1n) is 8.94. The molecule has 0 bridgehead atoms. The van der Waals surface area contributed by atoms with Gasteiger partial charge in [0, 0.05) is 32.7 Å². The van der Waals surface area contributed by atoms with E-state index in [9.17, 15) is 0 Å². The molecule has 0 aromatic heterocycles. The number of piperazine rings is 1. The second-order valence-corrected chi connectivity index (χ2v) is 6.81. The summed E-state index contributed by atoms with van der Waals surface area (Å²) in [5.41, 5.74) is 3.06. The van der Waals surface area contributed by atoms with Crippen molar-refractivity contribution in [2.45, 2.75) is 57.4 Å². The van der Waals surface area contributed by atoms with Gasteiger partial charge in [0.2, 0.25) is 0 Å². The van der Waals surface area contributed by atoms with Gasteiger partial charge in [0.25, 0.3) is 0 Å². The third-order valence-corrected chi connectivity index (χ3v) is 5.17. The molecule has 2 fully saturated rings. The number of hydrogen-bond acceptors (Lipinski definition) is 2. The molecule has 1 saturated heterocycles. The van der Waals surface area contributed by atoms with Crippen LogP contribution < -0.4 is 5.32 Å². The van der Waals surface area contributed by atoms with E-state index in [1.165, 1.54) is 63.6 Å². The van der Waals surface area contributed by atoms with Crippen LogP contribution in [-0.4, -0.2) is 31.1 Å². The minimum atomic E-state index is 0.818. The molecule has 21 heavy (non-hydrogen) atoms. The van der Waals surface area contributed by atoms with Gasteiger partial charge in [0.05, 0.1) is 0 Å². The first-order valence-corrected chi connectivity index (χ1v) is 8.94. The van der Waals surface area contributed by atoms with Crippen LogP contribution in [0.4, 0.5) is 0 Å². The van der Waals surface area contributed by atoms with E-state index in [1.54, 1.807) is 5.56 Å². The van der Waals surface area contributed by atoms with Crippen LogP contribution in [0, 0.1) is 0 Å². The molecule has 0 unspecified atom stereocenters. The molecule has 3 rings (SSSR count). The maximum Gasteiger partial charge on any atom is 0.0234 e.